The van der Waals surface area contributed by atoms with Gasteiger partial charge in [-0.15, -0.1) is 0 Å². The molecule has 2 heterocycles. The molecular formula is C12H18N4O3. The summed E-state index contributed by atoms with van der Waals surface area (Å²) in [7, 11) is 1.51. The van der Waals surface area contributed by atoms with E-state index in [0.29, 0.717) is 18.3 Å². The SMILES string of the molecule is CCOC(=O)C1CCCN1c1cc(OC)nc(N)n1. The summed E-state index contributed by atoms with van der Waals surface area (Å²) in [6.45, 7) is 2.91. The zero-order valence-electron chi connectivity index (χ0n) is 11.1. The molecule has 7 nitrogen and oxygen atoms in total. The van der Waals surface area contributed by atoms with E-state index in [1.165, 1.54) is 7.11 Å². The molecule has 0 aliphatic carbocycles. The van der Waals surface area contributed by atoms with Crippen molar-refractivity contribution in [3.63, 3.8) is 0 Å². The first-order valence-electron chi connectivity index (χ1n) is 6.27. The average Bonchev–Trinajstić information content (AvgIpc) is 2.87. The molecule has 1 atom stereocenters. The molecule has 1 aromatic heterocycles. The van der Waals surface area contributed by atoms with E-state index in [4.69, 9.17) is 15.2 Å². The number of esters is 1. The molecule has 0 spiro atoms. The van der Waals surface area contributed by atoms with E-state index in [1.807, 2.05) is 4.90 Å². The normalized spacial score (nSPS) is 18.4. The first-order valence-corrected chi connectivity index (χ1v) is 6.27. The minimum atomic E-state index is -0.307. The zero-order chi connectivity index (χ0) is 13.8. The van der Waals surface area contributed by atoms with E-state index in [0.717, 1.165) is 19.4 Å². The van der Waals surface area contributed by atoms with Gasteiger partial charge in [-0.2, -0.15) is 9.97 Å². The van der Waals surface area contributed by atoms with Crippen molar-refractivity contribution in [2.24, 2.45) is 0 Å². The van der Waals surface area contributed by atoms with Crippen molar-refractivity contribution in [1.82, 2.24) is 9.97 Å². The number of ether oxygens (including phenoxy) is 2. The van der Waals surface area contributed by atoms with Crippen LogP contribution in [0.25, 0.3) is 0 Å². The number of nitrogen functional groups attached to an aromatic ring is 1. The Morgan fingerprint density at radius 3 is 3.05 bits per heavy atom. The number of aromatic nitrogens is 2. The number of carbonyl (C=O) groups is 1. The van der Waals surface area contributed by atoms with Gasteiger partial charge in [0, 0.05) is 12.6 Å². The number of carbonyl (C=O) groups excluding carboxylic acids is 1. The molecule has 0 radical (unpaired) electrons. The molecule has 0 saturated carbocycles. The van der Waals surface area contributed by atoms with Crippen LogP contribution in [-0.4, -0.2) is 42.2 Å². The highest BCUT2D eigenvalue weighted by atomic mass is 16.5. The van der Waals surface area contributed by atoms with Gasteiger partial charge in [0.25, 0.3) is 0 Å². The van der Waals surface area contributed by atoms with Gasteiger partial charge in [-0.05, 0) is 19.8 Å². The summed E-state index contributed by atoms with van der Waals surface area (Å²) in [6.07, 6.45) is 1.67. The second-order valence-electron chi connectivity index (χ2n) is 4.23. The predicted molar refractivity (Wildman–Crippen MR) is 70.0 cm³/mol. The molecule has 2 N–H and O–H groups in total. The molecule has 1 aliphatic rings. The molecule has 2 rings (SSSR count). The molecule has 1 unspecified atom stereocenters. The highest BCUT2D eigenvalue weighted by Gasteiger charge is 2.33. The smallest absolute Gasteiger partial charge is 0.328 e. The minimum Gasteiger partial charge on any atom is -0.481 e. The Balaban J connectivity index is 2.24. The maximum absolute atomic E-state index is 11.9. The number of rotatable bonds is 4. The van der Waals surface area contributed by atoms with Crippen molar-refractivity contribution in [3.05, 3.63) is 6.07 Å². The number of hydrogen-bond donors (Lipinski definition) is 1. The summed E-state index contributed by atoms with van der Waals surface area (Å²) in [5.74, 6) is 0.886. The summed E-state index contributed by atoms with van der Waals surface area (Å²) in [6, 6.07) is 1.37. The molecule has 19 heavy (non-hydrogen) atoms. The van der Waals surface area contributed by atoms with Crippen LogP contribution < -0.4 is 15.4 Å². The number of methoxy groups -OCH3 is 1. The molecule has 1 fully saturated rings. The van der Waals surface area contributed by atoms with Crippen molar-refractivity contribution in [1.29, 1.82) is 0 Å². The molecule has 7 heteroatoms. The lowest BCUT2D eigenvalue weighted by atomic mass is 10.2. The number of nitrogens with two attached hydrogens (primary N) is 1. The van der Waals surface area contributed by atoms with Crippen LogP contribution in [0.5, 0.6) is 5.88 Å². The van der Waals surface area contributed by atoms with Crippen molar-refractivity contribution in [2.45, 2.75) is 25.8 Å². The van der Waals surface area contributed by atoms with Crippen LogP contribution in [0, 0.1) is 0 Å². The summed E-state index contributed by atoms with van der Waals surface area (Å²) >= 11 is 0. The van der Waals surface area contributed by atoms with Gasteiger partial charge in [-0.3, -0.25) is 0 Å². The molecule has 0 aromatic carbocycles. The standard InChI is InChI=1S/C12H18N4O3/c1-3-19-11(17)8-5-4-6-16(8)9-7-10(18-2)15-12(13)14-9/h7-8H,3-6H2,1-2H3,(H2,13,14,15). The molecule has 1 aromatic rings. The van der Waals surface area contributed by atoms with Crippen molar-refractivity contribution in [3.8, 4) is 5.88 Å². The van der Waals surface area contributed by atoms with Gasteiger partial charge >= 0.3 is 5.97 Å². The van der Waals surface area contributed by atoms with Crippen LogP contribution in [0.15, 0.2) is 6.07 Å². The second-order valence-corrected chi connectivity index (χ2v) is 4.23. The fraction of sp³-hybridized carbons (Fsp3) is 0.583. The van der Waals surface area contributed by atoms with Gasteiger partial charge in [0.1, 0.15) is 11.9 Å². The predicted octanol–water partition coefficient (Wildman–Crippen LogP) is 0.599. The van der Waals surface area contributed by atoms with Crippen LogP contribution in [-0.2, 0) is 9.53 Å². The largest absolute Gasteiger partial charge is 0.481 e. The van der Waals surface area contributed by atoms with Crippen LogP contribution >= 0.6 is 0 Å². The third-order valence-electron chi connectivity index (χ3n) is 3.02. The van der Waals surface area contributed by atoms with E-state index in [9.17, 15) is 4.79 Å². The molecular weight excluding hydrogens is 248 g/mol. The molecule has 1 saturated heterocycles. The maximum Gasteiger partial charge on any atom is 0.328 e. The lowest BCUT2D eigenvalue weighted by Gasteiger charge is -2.24. The highest BCUT2D eigenvalue weighted by Crippen LogP contribution is 2.27. The van der Waals surface area contributed by atoms with Crippen molar-refractivity contribution >= 4 is 17.7 Å². The number of anilines is 2. The Morgan fingerprint density at radius 1 is 1.58 bits per heavy atom. The topological polar surface area (TPSA) is 90.6 Å². The van der Waals surface area contributed by atoms with Crippen LogP contribution in [0.2, 0.25) is 0 Å². The fourth-order valence-corrected chi connectivity index (χ4v) is 2.21. The average molecular weight is 266 g/mol. The number of hydrogen-bond acceptors (Lipinski definition) is 7. The van der Waals surface area contributed by atoms with Gasteiger partial charge in [-0.25, -0.2) is 4.79 Å². The minimum absolute atomic E-state index is 0.129. The van der Waals surface area contributed by atoms with Gasteiger partial charge < -0.3 is 20.1 Å². The van der Waals surface area contributed by atoms with Gasteiger partial charge in [0.2, 0.25) is 11.8 Å². The molecule has 0 amide bonds. The summed E-state index contributed by atoms with van der Waals surface area (Å²) in [5, 5.41) is 0. The lowest BCUT2D eigenvalue weighted by molar-refractivity contribution is -0.144. The van der Waals surface area contributed by atoms with Gasteiger partial charge in [0.05, 0.1) is 13.7 Å². The zero-order valence-corrected chi connectivity index (χ0v) is 11.1. The maximum atomic E-state index is 11.9. The van der Waals surface area contributed by atoms with Crippen LogP contribution in [0.4, 0.5) is 11.8 Å². The molecule has 104 valence electrons. The summed E-state index contributed by atoms with van der Waals surface area (Å²) < 4.78 is 10.1. The lowest BCUT2D eigenvalue weighted by Crippen LogP contribution is -2.38. The highest BCUT2D eigenvalue weighted by molar-refractivity contribution is 5.80. The number of nitrogens with zero attached hydrogens (tertiary/aromatic N) is 3. The van der Waals surface area contributed by atoms with Gasteiger partial charge in [-0.1, -0.05) is 0 Å². The Bertz CT molecular complexity index is 466. The molecule has 0 bridgehead atoms. The summed E-state index contributed by atoms with van der Waals surface area (Å²) in [5.41, 5.74) is 5.64. The first kappa shape index (κ1) is 13.4. The third-order valence-corrected chi connectivity index (χ3v) is 3.02. The van der Waals surface area contributed by atoms with E-state index >= 15 is 0 Å². The van der Waals surface area contributed by atoms with E-state index < -0.39 is 0 Å². The Morgan fingerprint density at radius 2 is 2.37 bits per heavy atom. The van der Waals surface area contributed by atoms with E-state index in [2.05, 4.69) is 9.97 Å². The monoisotopic (exact) mass is 266 g/mol. The fourth-order valence-electron chi connectivity index (χ4n) is 2.21. The summed E-state index contributed by atoms with van der Waals surface area (Å²) in [4.78, 5) is 21.9. The van der Waals surface area contributed by atoms with Crippen molar-refractivity contribution in [2.75, 3.05) is 30.9 Å². The van der Waals surface area contributed by atoms with E-state index in [1.54, 1.807) is 13.0 Å². The Hall–Kier alpha value is -2.05. The van der Waals surface area contributed by atoms with Crippen LogP contribution in [0.1, 0.15) is 19.8 Å². The van der Waals surface area contributed by atoms with E-state index in [-0.39, 0.29) is 18.0 Å². The second kappa shape index (κ2) is 5.73. The van der Waals surface area contributed by atoms with Crippen molar-refractivity contribution < 1.29 is 14.3 Å². The van der Waals surface area contributed by atoms with Crippen LogP contribution in [0.3, 0.4) is 0 Å². The third kappa shape index (κ3) is 2.86. The first-order chi connectivity index (χ1) is 9.15. The van der Waals surface area contributed by atoms with Gasteiger partial charge in [0.15, 0.2) is 0 Å². The Labute approximate surface area is 111 Å². The Kier molecular flexibility index (Phi) is 4.03. The molecule has 1 aliphatic heterocycles. The quantitative estimate of drug-likeness (QED) is 0.798.